The molecule has 1 atom stereocenters. The van der Waals surface area contributed by atoms with Crippen LogP contribution < -0.4 is 5.32 Å². The second-order valence-electron chi connectivity index (χ2n) is 4.88. The monoisotopic (exact) mass is 235 g/mol. The molecular weight excluding hydrogens is 214 g/mol. The van der Waals surface area contributed by atoms with Gasteiger partial charge in [-0.1, -0.05) is 26.8 Å². The summed E-state index contributed by atoms with van der Waals surface area (Å²) in [7, 11) is 0. The zero-order valence-corrected chi connectivity index (χ0v) is 10.9. The first-order valence-corrected chi connectivity index (χ1v) is 6.00. The molecule has 94 valence electrons. The zero-order chi connectivity index (χ0) is 13.0. The third-order valence-corrected chi connectivity index (χ3v) is 3.27. The molecule has 1 unspecified atom stereocenters. The zero-order valence-electron chi connectivity index (χ0n) is 10.9. The lowest BCUT2D eigenvalue weighted by Crippen LogP contribution is -2.30. The van der Waals surface area contributed by atoms with E-state index < -0.39 is 0 Å². The average Bonchev–Trinajstić information content (AvgIpc) is 2.29. The van der Waals surface area contributed by atoms with Gasteiger partial charge in [-0.15, -0.1) is 0 Å². The van der Waals surface area contributed by atoms with Crippen molar-refractivity contribution >= 4 is 5.91 Å². The molecule has 1 amide bonds. The van der Waals surface area contributed by atoms with Crippen LogP contribution in [-0.2, 0) is 0 Å². The summed E-state index contributed by atoms with van der Waals surface area (Å²) >= 11 is 0. The summed E-state index contributed by atoms with van der Waals surface area (Å²) in [6.45, 7) is 8.79. The Kier molecular flexibility index (Phi) is 4.55. The molecule has 0 bridgehead atoms. The van der Waals surface area contributed by atoms with Crippen LogP contribution in [0.1, 0.15) is 36.7 Å². The van der Waals surface area contributed by atoms with Crippen molar-refractivity contribution in [1.82, 2.24) is 5.32 Å². The summed E-state index contributed by atoms with van der Waals surface area (Å²) in [5.74, 6) is 1.03. The van der Waals surface area contributed by atoms with Crippen LogP contribution in [0.4, 0.5) is 0 Å². The first kappa shape index (κ1) is 13.6. The van der Waals surface area contributed by atoms with Crippen molar-refractivity contribution in [3.8, 4) is 5.75 Å². The fourth-order valence-corrected chi connectivity index (χ4v) is 1.45. The van der Waals surface area contributed by atoms with Gasteiger partial charge in [-0.25, -0.2) is 0 Å². The van der Waals surface area contributed by atoms with Crippen LogP contribution in [0, 0.1) is 18.8 Å². The molecule has 0 fully saturated rings. The fourth-order valence-electron chi connectivity index (χ4n) is 1.45. The summed E-state index contributed by atoms with van der Waals surface area (Å²) in [6, 6.07) is 5.00. The maximum Gasteiger partial charge on any atom is 0.251 e. The van der Waals surface area contributed by atoms with E-state index >= 15 is 0 Å². The first-order valence-electron chi connectivity index (χ1n) is 6.00. The largest absolute Gasteiger partial charge is 0.508 e. The topological polar surface area (TPSA) is 49.3 Å². The molecule has 1 aromatic carbocycles. The third kappa shape index (κ3) is 3.48. The second kappa shape index (κ2) is 5.71. The molecule has 17 heavy (non-hydrogen) atoms. The van der Waals surface area contributed by atoms with E-state index in [2.05, 4.69) is 26.1 Å². The van der Waals surface area contributed by atoms with Gasteiger partial charge in [-0.2, -0.15) is 0 Å². The first-order chi connectivity index (χ1) is 7.93. The minimum atomic E-state index is -0.120. The van der Waals surface area contributed by atoms with Gasteiger partial charge in [0, 0.05) is 17.7 Å². The Hall–Kier alpha value is -1.51. The molecule has 0 spiro atoms. The predicted octanol–water partition coefficient (Wildman–Crippen LogP) is 2.72. The molecule has 0 aromatic heterocycles. The van der Waals surface area contributed by atoms with E-state index in [1.54, 1.807) is 25.1 Å². The number of phenols is 1. The van der Waals surface area contributed by atoms with E-state index in [0.29, 0.717) is 29.5 Å². The van der Waals surface area contributed by atoms with Gasteiger partial charge in [0.05, 0.1) is 0 Å². The Morgan fingerprint density at radius 1 is 1.35 bits per heavy atom. The molecule has 0 saturated carbocycles. The van der Waals surface area contributed by atoms with Crippen LogP contribution in [0.5, 0.6) is 5.75 Å². The van der Waals surface area contributed by atoms with Crippen LogP contribution in [0.15, 0.2) is 18.2 Å². The Morgan fingerprint density at radius 2 is 2.00 bits per heavy atom. The van der Waals surface area contributed by atoms with E-state index in [1.165, 1.54) is 0 Å². The van der Waals surface area contributed by atoms with Crippen LogP contribution in [0.3, 0.4) is 0 Å². The summed E-state index contributed by atoms with van der Waals surface area (Å²) < 4.78 is 0. The van der Waals surface area contributed by atoms with Gasteiger partial charge >= 0.3 is 0 Å². The molecule has 0 aliphatic carbocycles. The fraction of sp³-hybridized carbons (Fsp3) is 0.500. The van der Waals surface area contributed by atoms with Crippen LogP contribution >= 0.6 is 0 Å². The van der Waals surface area contributed by atoms with Crippen molar-refractivity contribution in [2.75, 3.05) is 6.54 Å². The van der Waals surface area contributed by atoms with Gasteiger partial charge in [-0.05, 0) is 30.9 Å². The lowest BCUT2D eigenvalue weighted by atomic mass is 9.98. The maximum absolute atomic E-state index is 11.9. The lowest BCUT2D eigenvalue weighted by Gasteiger charge is -2.16. The van der Waals surface area contributed by atoms with Gasteiger partial charge in [-0.3, -0.25) is 4.79 Å². The van der Waals surface area contributed by atoms with Crippen LogP contribution in [0.25, 0.3) is 0 Å². The minimum Gasteiger partial charge on any atom is -0.508 e. The molecule has 1 rings (SSSR count). The van der Waals surface area contributed by atoms with E-state index in [0.717, 1.165) is 0 Å². The average molecular weight is 235 g/mol. The molecule has 0 aliphatic rings. The van der Waals surface area contributed by atoms with Crippen molar-refractivity contribution in [3.63, 3.8) is 0 Å². The number of phenolic OH excluding ortho intramolecular Hbond substituents is 1. The van der Waals surface area contributed by atoms with Gasteiger partial charge < -0.3 is 10.4 Å². The smallest absolute Gasteiger partial charge is 0.251 e. The number of amides is 1. The van der Waals surface area contributed by atoms with E-state index in [-0.39, 0.29) is 11.7 Å². The molecule has 3 nitrogen and oxygen atoms in total. The Morgan fingerprint density at radius 3 is 2.59 bits per heavy atom. The molecule has 1 aromatic rings. The molecular formula is C14H21NO2. The Labute approximate surface area is 103 Å². The molecule has 0 radical (unpaired) electrons. The highest BCUT2D eigenvalue weighted by Gasteiger charge is 2.13. The summed E-state index contributed by atoms with van der Waals surface area (Å²) in [6.07, 6.45) is 0. The predicted molar refractivity (Wildman–Crippen MR) is 69.2 cm³/mol. The Bertz CT molecular complexity index is 399. The number of nitrogens with one attached hydrogen (secondary N) is 1. The van der Waals surface area contributed by atoms with Crippen molar-refractivity contribution in [2.24, 2.45) is 11.8 Å². The van der Waals surface area contributed by atoms with Gasteiger partial charge in [0.1, 0.15) is 5.75 Å². The van der Waals surface area contributed by atoms with Crippen LogP contribution in [-0.4, -0.2) is 17.6 Å². The summed E-state index contributed by atoms with van der Waals surface area (Å²) in [5, 5.41) is 12.4. The van der Waals surface area contributed by atoms with Gasteiger partial charge in [0.25, 0.3) is 5.91 Å². The number of carbonyl (C=O) groups is 1. The third-order valence-electron chi connectivity index (χ3n) is 3.27. The molecule has 0 aliphatic heterocycles. The standard InChI is InChI=1S/C14H21NO2/c1-9(2)10(3)8-15-14(17)12-6-5-7-13(16)11(12)4/h5-7,9-10,16H,8H2,1-4H3,(H,15,17). The molecule has 0 saturated heterocycles. The molecule has 2 N–H and O–H groups in total. The number of benzene rings is 1. The maximum atomic E-state index is 11.9. The van der Waals surface area contributed by atoms with Crippen molar-refractivity contribution in [1.29, 1.82) is 0 Å². The van der Waals surface area contributed by atoms with Gasteiger partial charge in [0.15, 0.2) is 0 Å². The highest BCUT2D eigenvalue weighted by atomic mass is 16.3. The molecule has 3 heteroatoms. The number of rotatable bonds is 4. The quantitative estimate of drug-likeness (QED) is 0.843. The van der Waals surface area contributed by atoms with Crippen LogP contribution in [0.2, 0.25) is 0 Å². The van der Waals surface area contributed by atoms with Gasteiger partial charge in [0.2, 0.25) is 0 Å². The minimum absolute atomic E-state index is 0.120. The number of aromatic hydroxyl groups is 1. The van der Waals surface area contributed by atoms with Crippen molar-refractivity contribution in [2.45, 2.75) is 27.7 Å². The highest BCUT2D eigenvalue weighted by molar-refractivity contribution is 5.96. The number of carbonyl (C=O) groups excluding carboxylic acids is 1. The van der Waals surface area contributed by atoms with E-state index in [9.17, 15) is 9.90 Å². The normalized spacial score (nSPS) is 12.5. The SMILES string of the molecule is Cc1c(O)cccc1C(=O)NCC(C)C(C)C. The lowest BCUT2D eigenvalue weighted by molar-refractivity contribution is 0.0944. The summed E-state index contributed by atoms with van der Waals surface area (Å²) in [4.78, 5) is 11.9. The van der Waals surface area contributed by atoms with Crippen molar-refractivity contribution in [3.05, 3.63) is 29.3 Å². The van der Waals surface area contributed by atoms with E-state index in [4.69, 9.17) is 0 Å². The Balaban J connectivity index is 2.68. The number of hydrogen-bond acceptors (Lipinski definition) is 2. The van der Waals surface area contributed by atoms with Crippen molar-refractivity contribution < 1.29 is 9.90 Å². The number of hydrogen-bond donors (Lipinski definition) is 2. The molecule has 0 heterocycles. The second-order valence-corrected chi connectivity index (χ2v) is 4.88. The van der Waals surface area contributed by atoms with E-state index in [1.807, 2.05) is 0 Å². The highest BCUT2D eigenvalue weighted by Crippen LogP contribution is 2.19. The summed E-state index contributed by atoms with van der Waals surface area (Å²) in [5.41, 5.74) is 1.17.